The Hall–Kier alpha value is -1.75. The molecule has 0 bridgehead atoms. The van der Waals surface area contributed by atoms with Crippen LogP contribution in [0.2, 0.25) is 0 Å². The second-order valence-corrected chi connectivity index (χ2v) is 6.53. The number of amides is 1. The molecule has 1 aromatic rings. The van der Waals surface area contributed by atoms with Gasteiger partial charge in [0.2, 0.25) is 0 Å². The number of carbonyl (C=O) groups is 1. The lowest BCUT2D eigenvalue weighted by Gasteiger charge is -2.24. The molecule has 0 radical (unpaired) electrons. The Balaban J connectivity index is 1.63. The van der Waals surface area contributed by atoms with Crippen molar-refractivity contribution in [1.82, 2.24) is 10.2 Å². The standard InChI is InChI=1S/C17H26N2O3/c1-17(2,3)22-16(20)19-11-9-14(13-19)18-10-12-21-15-7-5-4-6-8-15/h4-8,14,18H,9-13H2,1-3H3. The van der Waals surface area contributed by atoms with Crippen molar-refractivity contribution in [3.05, 3.63) is 30.3 Å². The zero-order valence-corrected chi connectivity index (χ0v) is 13.7. The fourth-order valence-electron chi connectivity index (χ4n) is 2.37. The summed E-state index contributed by atoms with van der Waals surface area (Å²) in [5.74, 6) is 0.881. The third kappa shape index (κ3) is 5.56. The number of hydrogen-bond donors (Lipinski definition) is 1. The van der Waals surface area contributed by atoms with Gasteiger partial charge in [-0.1, -0.05) is 18.2 Å². The molecule has 0 saturated carbocycles. The highest BCUT2D eigenvalue weighted by Gasteiger charge is 2.29. The van der Waals surface area contributed by atoms with E-state index in [-0.39, 0.29) is 6.09 Å². The van der Waals surface area contributed by atoms with E-state index >= 15 is 0 Å². The zero-order chi connectivity index (χ0) is 16.0. The molecule has 122 valence electrons. The van der Waals surface area contributed by atoms with Crippen LogP contribution in [0.5, 0.6) is 5.75 Å². The summed E-state index contributed by atoms with van der Waals surface area (Å²) >= 11 is 0. The van der Waals surface area contributed by atoms with E-state index in [1.807, 2.05) is 51.1 Å². The van der Waals surface area contributed by atoms with Crippen LogP contribution in [0, 0.1) is 0 Å². The van der Waals surface area contributed by atoms with Gasteiger partial charge >= 0.3 is 6.09 Å². The number of rotatable bonds is 5. The van der Waals surface area contributed by atoms with Crippen LogP contribution >= 0.6 is 0 Å². The van der Waals surface area contributed by atoms with E-state index in [4.69, 9.17) is 9.47 Å². The summed E-state index contributed by atoms with van der Waals surface area (Å²) in [5, 5.41) is 3.43. The lowest BCUT2D eigenvalue weighted by molar-refractivity contribution is 0.0291. The molecule has 1 aliphatic heterocycles. The number of carbonyl (C=O) groups excluding carboxylic acids is 1. The smallest absolute Gasteiger partial charge is 0.410 e. The maximum Gasteiger partial charge on any atom is 0.410 e. The third-order valence-corrected chi connectivity index (χ3v) is 3.39. The van der Waals surface area contributed by atoms with E-state index in [0.717, 1.165) is 25.3 Å². The molecule has 1 unspecified atom stereocenters. The summed E-state index contributed by atoms with van der Waals surface area (Å²) in [7, 11) is 0. The van der Waals surface area contributed by atoms with E-state index < -0.39 is 5.60 Å². The van der Waals surface area contributed by atoms with Gasteiger partial charge in [-0.15, -0.1) is 0 Å². The summed E-state index contributed by atoms with van der Waals surface area (Å²) in [6.45, 7) is 8.48. The van der Waals surface area contributed by atoms with Crippen LogP contribution in [0.15, 0.2) is 30.3 Å². The molecule has 1 aromatic carbocycles. The minimum absolute atomic E-state index is 0.225. The molecule has 0 aromatic heterocycles. The van der Waals surface area contributed by atoms with Crippen molar-refractivity contribution >= 4 is 6.09 Å². The average Bonchev–Trinajstić information content (AvgIpc) is 2.92. The lowest BCUT2D eigenvalue weighted by Crippen LogP contribution is -2.39. The fourth-order valence-corrected chi connectivity index (χ4v) is 2.37. The van der Waals surface area contributed by atoms with Crippen LogP contribution in [-0.2, 0) is 4.74 Å². The fraction of sp³-hybridized carbons (Fsp3) is 0.588. The Kier molecular flexibility index (Phi) is 5.66. The zero-order valence-electron chi connectivity index (χ0n) is 13.7. The molecular weight excluding hydrogens is 280 g/mol. The number of para-hydroxylation sites is 1. The van der Waals surface area contributed by atoms with Crippen molar-refractivity contribution in [3.63, 3.8) is 0 Å². The minimum atomic E-state index is -0.438. The van der Waals surface area contributed by atoms with Gasteiger partial charge in [-0.05, 0) is 39.3 Å². The van der Waals surface area contributed by atoms with Gasteiger partial charge in [-0.25, -0.2) is 4.79 Å². The van der Waals surface area contributed by atoms with Gasteiger partial charge < -0.3 is 19.7 Å². The van der Waals surface area contributed by atoms with Crippen LogP contribution in [-0.4, -0.2) is 48.9 Å². The van der Waals surface area contributed by atoms with Gasteiger partial charge in [0.1, 0.15) is 18.0 Å². The van der Waals surface area contributed by atoms with Crippen molar-refractivity contribution in [3.8, 4) is 5.75 Å². The first kappa shape index (κ1) is 16.6. The molecule has 1 amide bonds. The maximum absolute atomic E-state index is 12.0. The van der Waals surface area contributed by atoms with Crippen molar-refractivity contribution in [2.24, 2.45) is 0 Å². The van der Waals surface area contributed by atoms with Gasteiger partial charge in [0.25, 0.3) is 0 Å². The van der Waals surface area contributed by atoms with E-state index in [2.05, 4.69) is 5.32 Å². The van der Waals surface area contributed by atoms with Crippen LogP contribution in [0.4, 0.5) is 4.79 Å². The monoisotopic (exact) mass is 306 g/mol. The Morgan fingerprint density at radius 3 is 2.73 bits per heavy atom. The SMILES string of the molecule is CC(C)(C)OC(=O)N1CCC(NCCOc2ccccc2)C1. The Morgan fingerprint density at radius 2 is 2.05 bits per heavy atom. The number of benzene rings is 1. The molecule has 2 rings (SSSR count). The first-order valence-electron chi connectivity index (χ1n) is 7.83. The topological polar surface area (TPSA) is 50.8 Å². The number of hydrogen-bond acceptors (Lipinski definition) is 4. The molecule has 0 spiro atoms. The van der Waals surface area contributed by atoms with Gasteiger partial charge in [0, 0.05) is 25.7 Å². The third-order valence-electron chi connectivity index (χ3n) is 3.39. The highest BCUT2D eigenvalue weighted by Crippen LogP contribution is 2.15. The van der Waals surface area contributed by atoms with Gasteiger partial charge in [-0.3, -0.25) is 0 Å². The first-order valence-corrected chi connectivity index (χ1v) is 7.83. The quantitative estimate of drug-likeness (QED) is 0.850. The molecule has 5 heteroatoms. The van der Waals surface area contributed by atoms with Crippen molar-refractivity contribution in [2.75, 3.05) is 26.2 Å². The van der Waals surface area contributed by atoms with Crippen molar-refractivity contribution in [1.29, 1.82) is 0 Å². The molecule has 1 heterocycles. The lowest BCUT2D eigenvalue weighted by atomic mass is 10.2. The predicted molar refractivity (Wildman–Crippen MR) is 86.2 cm³/mol. The largest absolute Gasteiger partial charge is 0.492 e. The van der Waals surface area contributed by atoms with Crippen molar-refractivity contribution in [2.45, 2.75) is 38.8 Å². The maximum atomic E-state index is 12.0. The van der Waals surface area contributed by atoms with E-state index in [1.165, 1.54) is 0 Å². The van der Waals surface area contributed by atoms with Crippen molar-refractivity contribution < 1.29 is 14.3 Å². The summed E-state index contributed by atoms with van der Waals surface area (Å²) in [6.07, 6.45) is 0.724. The molecule has 1 fully saturated rings. The van der Waals surface area contributed by atoms with Gasteiger partial charge in [-0.2, -0.15) is 0 Å². The molecule has 0 aliphatic carbocycles. The Labute approximate surface area is 132 Å². The summed E-state index contributed by atoms with van der Waals surface area (Å²) in [6, 6.07) is 10.1. The van der Waals surface area contributed by atoms with Crippen LogP contribution in [0.1, 0.15) is 27.2 Å². The minimum Gasteiger partial charge on any atom is -0.492 e. The number of likely N-dealkylation sites (tertiary alicyclic amines) is 1. The Morgan fingerprint density at radius 1 is 1.32 bits per heavy atom. The number of nitrogens with zero attached hydrogens (tertiary/aromatic N) is 1. The average molecular weight is 306 g/mol. The van der Waals surface area contributed by atoms with Gasteiger partial charge in [0.05, 0.1) is 0 Å². The number of nitrogens with one attached hydrogen (secondary N) is 1. The molecular formula is C17H26N2O3. The molecule has 1 aliphatic rings. The second-order valence-electron chi connectivity index (χ2n) is 6.53. The molecule has 5 nitrogen and oxygen atoms in total. The molecule has 1 saturated heterocycles. The highest BCUT2D eigenvalue weighted by molar-refractivity contribution is 5.68. The summed E-state index contributed by atoms with van der Waals surface area (Å²) < 4.78 is 11.0. The van der Waals surface area contributed by atoms with E-state index in [0.29, 0.717) is 19.2 Å². The van der Waals surface area contributed by atoms with Crippen LogP contribution in [0.3, 0.4) is 0 Å². The van der Waals surface area contributed by atoms with E-state index in [9.17, 15) is 4.79 Å². The van der Waals surface area contributed by atoms with Crippen LogP contribution < -0.4 is 10.1 Å². The molecule has 22 heavy (non-hydrogen) atoms. The second kappa shape index (κ2) is 7.49. The normalized spacial score (nSPS) is 18.3. The Bertz CT molecular complexity index is 471. The van der Waals surface area contributed by atoms with Gasteiger partial charge in [0.15, 0.2) is 0 Å². The summed E-state index contributed by atoms with van der Waals surface area (Å²) in [5.41, 5.74) is -0.438. The molecule has 1 atom stereocenters. The van der Waals surface area contributed by atoms with Crippen LogP contribution in [0.25, 0.3) is 0 Å². The molecule has 1 N–H and O–H groups in total. The first-order chi connectivity index (χ1) is 10.4. The predicted octanol–water partition coefficient (Wildman–Crippen LogP) is 2.66. The van der Waals surface area contributed by atoms with E-state index in [1.54, 1.807) is 4.90 Å². The summed E-state index contributed by atoms with van der Waals surface area (Å²) in [4.78, 5) is 13.7. The number of ether oxygens (including phenoxy) is 2. The highest BCUT2D eigenvalue weighted by atomic mass is 16.6.